The minimum Gasteiger partial charge on any atom is -0.493 e. The molecular weight excluding hydrogens is 343 g/mol. The molecule has 2 aromatic carbocycles. The Morgan fingerprint density at radius 2 is 1.88 bits per heavy atom. The quantitative estimate of drug-likeness (QED) is 0.628. The number of rotatable bonds is 2. The van der Waals surface area contributed by atoms with E-state index in [-0.39, 0.29) is 11.7 Å². The fourth-order valence-corrected chi connectivity index (χ4v) is 3.89. The van der Waals surface area contributed by atoms with E-state index in [0.717, 1.165) is 16.8 Å². The van der Waals surface area contributed by atoms with Crippen LogP contribution in [-0.4, -0.2) is 15.9 Å². The lowest BCUT2D eigenvalue weighted by Gasteiger charge is -2.04. The van der Waals surface area contributed by atoms with Gasteiger partial charge in [0, 0.05) is 17.4 Å². The van der Waals surface area contributed by atoms with Crippen molar-refractivity contribution in [1.29, 1.82) is 0 Å². The van der Waals surface area contributed by atoms with Crippen molar-refractivity contribution < 1.29 is 9.50 Å². The van der Waals surface area contributed by atoms with Crippen LogP contribution in [0.3, 0.4) is 0 Å². The van der Waals surface area contributed by atoms with E-state index in [4.69, 9.17) is 12.2 Å². The number of fused-ring (bicyclic) bond motifs is 1. The zero-order chi connectivity index (χ0) is 16.7. The summed E-state index contributed by atoms with van der Waals surface area (Å²) in [7, 11) is 0. The van der Waals surface area contributed by atoms with Gasteiger partial charge < -0.3 is 5.11 Å². The molecule has 24 heavy (non-hydrogen) atoms. The van der Waals surface area contributed by atoms with Gasteiger partial charge in [0.2, 0.25) is 5.88 Å². The number of benzene rings is 2. The molecule has 118 valence electrons. The van der Waals surface area contributed by atoms with Gasteiger partial charge in [-0.15, -0.1) is 11.3 Å². The molecule has 6 heteroatoms. The number of thiazole rings is 1. The number of hydrogen-bond donors (Lipinski definition) is 1. The second kappa shape index (κ2) is 5.81. The number of allylic oxidation sites excluding steroid dienone is 1. The summed E-state index contributed by atoms with van der Waals surface area (Å²) in [5.41, 5.74) is 3.47. The van der Waals surface area contributed by atoms with Gasteiger partial charge in [-0.1, -0.05) is 18.2 Å². The van der Waals surface area contributed by atoms with E-state index in [0.29, 0.717) is 14.5 Å². The lowest BCUT2D eigenvalue weighted by atomic mass is 10.1. The molecule has 0 saturated heterocycles. The van der Waals surface area contributed by atoms with Crippen LogP contribution >= 0.6 is 23.6 Å². The zero-order valence-electron chi connectivity index (χ0n) is 12.3. The minimum atomic E-state index is -0.332. The minimum absolute atomic E-state index is 0.0434. The Hall–Kier alpha value is -2.57. The molecule has 3 aromatic rings. The van der Waals surface area contributed by atoms with E-state index in [1.165, 1.54) is 28.0 Å². The van der Waals surface area contributed by atoms with Crippen LogP contribution in [0.4, 0.5) is 10.1 Å². The number of halogens is 1. The molecule has 1 aliphatic rings. The maximum Gasteiger partial charge on any atom is 0.215 e. The Morgan fingerprint density at radius 3 is 2.67 bits per heavy atom. The highest BCUT2D eigenvalue weighted by Crippen LogP contribution is 2.36. The maximum atomic E-state index is 13.1. The van der Waals surface area contributed by atoms with Crippen LogP contribution in [0.5, 0.6) is 5.88 Å². The van der Waals surface area contributed by atoms with Gasteiger partial charge in [-0.2, -0.15) is 0 Å². The van der Waals surface area contributed by atoms with E-state index >= 15 is 0 Å². The second-order valence-corrected chi connectivity index (χ2v) is 6.92. The highest BCUT2D eigenvalue weighted by molar-refractivity contribution is 7.73. The normalized spacial score (nSPS) is 14.3. The van der Waals surface area contributed by atoms with Crippen molar-refractivity contribution in [3.05, 3.63) is 68.7 Å². The molecule has 0 aliphatic carbocycles. The summed E-state index contributed by atoms with van der Waals surface area (Å²) in [6.45, 7) is 0. The van der Waals surface area contributed by atoms with Gasteiger partial charge in [0.25, 0.3) is 0 Å². The number of aliphatic imine (C=N–C) groups is 1. The Balaban J connectivity index is 1.81. The second-order valence-electron chi connectivity index (χ2n) is 5.24. The average molecular weight is 354 g/mol. The Morgan fingerprint density at radius 1 is 1.12 bits per heavy atom. The predicted octanol–water partition coefficient (Wildman–Crippen LogP) is 5.37. The SMILES string of the molecule is Oc1c(C=C2C=Nc3ccccc32)sc(=S)n1-c1ccc(F)cc1. The van der Waals surface area contributed by atoms with Gasteiger partial charge in [0.15, 0.2) is 3.95 Å². The first kappa shape index (κ1) is 15.0. The summed E-state index contributed by atoms with van der Waals surface area (Å²) in [6, 6.07) is 13.7. The molecule has 0 radical (unpaired) electrons. The van der Waals surface area contributed by atoms with Crippen molar-refractivity contribution in [2.75, 3.05) is 0 Å². The summed E-state index contributed by atoms with van der Waals surface area (Å²) in [4.78, 5) is 5.00. The Labute approximate surface area is 146 Å². The average Bonchev–Trinajstić information content (AvgIpc) is 3.11. The number of aromatic nitrogens is 1. The molecule has 0 atom stereocenters. The summed E-state index contributed by atoms with van der Waals surface area (Å²) >= 11 is 6.66. The molecule has 1 N–H and O–H groups in total. The molecule has 0 spiro atoms. The monoisotopic (exact) mass is 354 g/mol. The van der Waals surface area contributed by atoms with Gasteiger partial charge in [-0.3, -0.25) is 9.56 Å². The van der Waals surface area contributed by atoms with E-state index in [1.54, 1.807) is 18.3 Å². The van der Waals surface area contributed by atoms with Gasteiger partial charge in [-0.05, 0) is 48.6 Å². The fraction of sp³-hybridized carbons (Fsp3) is 0. The number of nitrogens with zero attached hydrogens (tertiary/aromatic N) is 2. The van der Waals surface area contributed by atoms with Crippen LogP contribution in [0.2, 0.25) is 0 Å². The first-order chi connectivity index (χ1) is 11.6. The van der Waals surface area contributed by atoms with Crippen LogP contribution in [0.25, 0.3) is 17.3 Å². The molecule has 0 unspecified atom stereocenters. The summed E-state index contributed by atoms with van der Waals surface area (Å²) in [5, 5.41) is 10.6. The maximum absolute atomic E-state index is 13.1. The van der Waals surface area contributed by atoms with Crippen LogP contribution in [0.1, 0.15) is 10.4 Å². The Bertz CT molecular complexity index is 1050. The zero-order valence-corrected chi connectivity index (χ0v) is 13.9. The molecule has 4 rings (SSSR count). The van der Waals surface area contributed by atoms with Gasteiger partial charge >= 0.3 is 0 Å². The van der Waals surface area contributed by atoms with Crippen LogP contribution in [0, 0.1) is 9.77 Å². The molecule has 0 amide bonds. The standard InChI is InChI=1S/C18H11FN2OS2/c19-12-5-7-13(8-6-12)21-17(22)16(24-18(21)23)9-11-10-20-15-4-2-1-3-14(11)15/h1-10,22H. The third-order valence-corrected chi connectivity index (χ3v) is 5.05. The molecule has 1 aliphatic heterocycles. The molecule has 1 aromatic heterocycles. The third kappa shape index (κ3) is 2.50. The van der Waals surface area contributed by atoms with Gasteiger partial charge in [0.05, 0.1) is 16.3 Å². The lowest BCUT2D eigenvalue weighted by Crippen LogP contribution is -1.93. The van der Waals surface area contributed by atoms with Crippen molar-refractivity contribution in [3.63, 3.8) is 0 Å². The van der Waals surface area contributed by atoms with E-state index in [1.807, 2.05) is 30.3 Å². The molecule has 0 saturated carbocycles. The number of aromatic hydroxyl groups is 1. The van der Waals surface area contributed by atoms with Crippen molar-refractivity contribution in [3.8, 4) is 11.6 Å². The van der Waals surface area contributed by atoms with Crippen molar-refractivity contribution >= 4 is 47.1 Å². The van der Waals surface area contributed by atoms with Crippen LogP contribution in [0.15, 0.2) is 53.5 Å². The molecule has 0 fully saturated rings. The van der Waals surface area contributed by atoms with Crippen LogP contribution in [-0.2, 0) is 0 Å². The highest BCUT2D eigenvalue weighted by Gasteiger charge is 2.16. The first-order valence-corrected chi connectivity index (χ1v) is 8.42. The third-order valence-electron chi connectivity index (χ3n) is 3.74. The molecule has 2 heterocycles. The Kier molecular flexibility index (Phi) is 3.63. The highest BCUT2D eigenvalue weighted by atomic mass is 32.1. The smallest absolute Gasteiger partial charge is 0.215 e. The lowest BCUT2D eigenvalue weighted by molar-refractivity contribution is 0.441. The topological polar surface area (TPSA) is 37.5 Å². The first-order valence-electron chi connectivity index (χ1n) is 7.19. The fourth-order valence-electron chi connectivity index (χ4n) is 2.59. The molecular formula is C18H11FN2OS2. The molecule has 3 nitrogen and oxygen atoms in total. The van der Waals surface area contributed by atoms with Gasteiger partial charge in [0.1, 0.15) is 5.82 Å². The van der Waals surface area contributed by atoms with Crippen molar-refractivity contribution in [1.82, 2.24) is 4.57 Å². The summed E-state index contributed by atoms with van der Waals surface area (Å²) in [6.07, 6.45) is 3.64. The summed E-state index contributed by atoms with van der Waals surface area (Å²) in [5.74, 6) is -0.289. The van der Waals surface area contributed by atoms with E-state index in [9.17, 15) is 9.50 Å². The van der Waals surface area contributed by atoms with Crippen molar-refractivity contribution in [2.45, 2.75) is 0 Å². The largest absolute Gasteiger partial charge is 0.493 e. The summed E-state index contributed by atoms with van der Waals surface area (Å²) < 4.78 is 15.1. The van der Waals surface area contributed by atoms with Crippen molar-refractivity contribution in [2.24, 2.45) is 4.99 Å². The van der Waals surface area contributed by atoms with E-state index in [2.05, 4.69) is 4.99 Å². The molecule has 0 bridgehead atoms. The number of para-hydroxylation sites is 1. The van der Waals surface area contributed by atoms with Crippen LogP contribution < -0.4 is 0 Å². The number of hydrogen-bond acceptors (Lipinski definition) is 4. The van der Waals surface area contributed by atoms with E-state index < -0.39 is 0 Å². The predicted molar refractivity (Wildman–Crippen MR) is 98.6 cm³/mol. The van der Waals surface area contributed by atoms with Gasteiger partial charge in [-0.25, -0.2) is 4.39 Å².